The van der Waals surface area contributed by atoms with E-state index in [1.54, 1.807) is 23.6 Å². The zero-order valence-electron chi connectivity index (χ0n) is 15.7. The number of ether oxygens (including phenoxy) is 1. The zero-order valence-corrected chi connectivity index (χ0v) is 15.7. The molecule has 0 aliphatic carbocycles. The van der Waals surface area contributed by atoms with Crippen molar-refractivity contribution >= 4 is 23.6 Å². The van der Waals surface area contributed by atoms with E-state index in [4.69, 9.17) is 9.94 Å². The molecule has 0 spiro atoms. The highest BCUT2D eigenvalue weighted by Gasteiger charge is 2.26. The summed E-state index contributed by atoms with van der Waals surface area (Å²) in [6.07, 6.45) is 2.81. The molecule has 0 unspecified atom stereocenters. The van der Waals surface area contributed by atoms with Crippen molar-refractivity contribution in [1.82, 2.24) is 10.4 Å². The molecule has 2 aromatic carbocycles. The van der Waals surface area contributed by atoms with E-state index in [1.165, 1.54) is 6.08 Å². The number of anilines is 1. The molecule has 7 heteroatoms. The number of hydrogen-bond acceptors (Lipinski definition) is 5. The predicted molar refractivity (Wildman–Crippen MR) is 106 cm³/mol. The maximum Gasteiger partial charge on any atom is 0.267 e. The number of hydroxylamine groups is 1. The van der Waals surface area contributed by atoms with Crippen molar-refractivity contribution < 1.29 is 19.5 Å². The van der Waals surface area contributed by atoms with E-state index in [0.29, 0.717) is 19.6 Å². The van der Waals surface area contributed by atoms with Crippen LogP contribution in [0.1, 0.15) is 11.1 Å². The lowest BCUT2D eigenvalue weighted by Gasteiger charge is -2.35. The first-order valence-electron chi connectivity index (χ1n) is 8.97. The number of amides is 2. The van der Waals surface area contributed by atoms with E-state index in [0.717, 1.165) is 29.1 Å². The fourth-order valence-electron chi connectivity index (χ4n) is 3.18. The van der Waals surface area contributed by atoms with E-state index >= 15 is 0 Å². The molecular formula is C21H23N3O4. The highest BCUT2D eigenvalue weighted by molar-refractivity contribution is 5.98. The van der Waals surface area contributed by atoms with Crippen LogP contribution >= 0.6 is 0 Å². The molecule has 3 rings (SSSR count). The summed E-state index contributed by atoms with van der Waals surface area (Å²) >= 11 is 0. The Kier molecular flexibility index (Phi) is 6.41. The molecular weight excluding hydrogens is 358 g/mol. The highest BCUT2D eigenvalue weighted by atomic mass is 16.5. The smallest absolute Gasteiger partial charge is 0.267 e. The van der Waals surface area contributed by atoms with Gasteiger partial charge in [0.15, 0.2) is 0 Å². The van der Waals surface area contributed by atoms with Crippen LogP contribution in [-0.2, 0) is 16.1 Å². The Morgan fingerprint density at radius 3 is 2.61 bits per heavy atom. The Morgan fingerprint density at radius 1 is 1.18 bits per heavy atom. The van der Waals surface area contributed by atoms with Crippen LogP contribution in [0.3, 0.4) is 0 Å². The Hall–Kier alpha value is -3.16. The number of nitrogens with one attached hydrogen (secondary N) is 1. The fourth-order valence-corrected chi connectivity index (χ4v) is 3.18. The normalized spacial score (nSPS) is 15.1. The second-order valence-electron chi connectivity index (χ2n) is 6.47. The molecule has 7 nitrogen and oxygen atoms in total. The minimum Gasteiger partial charge on any atom is -0.497 e. The van der Waals surface area contributed by atoms with Crippen LogP contribution in [0, 0.1) is 0 Å². The summed E-state index contributed by atoms with van der Waals surface area (Å²) in [5.41, 5.74) is 4.17. The first-order chi connectivity index (χ1) is 13.6. The molecule has 0 bridgehead atoms. The zero-order chi connectivity index (χ0) is 19.9. The van der Waals surface area contributed by atoms with Gasteiger partial charge in [0.2, 0.25) is 5.91 Å². The quantitative estimate of drug-likeness (QED) is 0.455. The third-order valence-corrected chi connectivity index (χ3v) is 4.62. The monoisotopic (exact) mass is 381 g/mol. The molecule has 1 aliphatic rings. The van der Waals surface area contributed by atoms with E-state index in [-0.39, 0.29) is 5.91 Å². The van der Waals surface area contributed by atoms with Crippen LogP contribution in [-0.4, -0.2) is 48.7 Å². The van der Waals surface area contributed by atoms with Gasteiger partial charge in [-0.05, 0) is 35.4 Å². The maximum atomic E-state index is 12.8. The van der Waals surface area contributed by atoms with Crippen molar-refractivity contribution in [2.24, 2.45) is 0 Å². The minimum atomic E-state index is -0.620. The number of para-hydroxylation sites is 1. The average Bonchev–Trinajstić information content (AvgIpc) is 2.73. The molecule has 0 radical (unpaired) electrons. The van der Waals surface area contributed by atoms with Crippen molar-refractivity contribution in [3.63, 3.8) is 0 Å². The molecule has 28 heavy (non-hydrogen) atoms. The van der Waals surface area contributed by atoms with Crippen molar-refractivity contribution in [1.29, 1.82) is 0 Å². The number of benzene rings is 2. The first-order valence-corrected chi connectivity index (χ1v) is 8.97. The molecule has 2 aromatic rings. The lowest BCUT2D eigenvalue weighted by Crippen LogP contribution is -2.50. The van der Waals surface area contributed by atoms with Gasteiger partial charge in [-0.25, -0.2) is 5.48 Å². The van der Waals surface area contributed by atoms with Gasteiger partial charge in [-0.3, -0.25) is 19.7 Å². The molecule has 1 heterocycles. The first kappa shape index (κ1) is 19.6. The standard InChI is InChI=1S/C21H23N3O4/c1-28-18-9-6-16(7-10-18)14-23-12-13-24(21(26)15-23)19-5-3-2-4-17(19)8-11-20(25)22-27/h2-11,27H,12-15H2,1H3,(H,22,25). The van der Waals surface area contributed by atoms with Gasteiger partial charge in [0, 0.05) is 25.7 Å². The van der Waals surface area contributed by atoms with Gasteiger partial charge in [0.25, 0.3) is 5.91 Å². The largest absolute Gasteiger partial charge is 0.497 e. The Labute approximate surface area is 163 Å². The van der Waals surface area contributed by atoms with Gasteiger partial charge in [-0.1, -0.05) is 30.3 Å². The molecule has 0 atom stereocenters. The van der Waals surface area contributed by atoms with Crippen LogP contribution in [0.15, 0.2) is 54.6 Å². The third kappa shape index (κ3) is 4.76. The highest BCUT2D eigenvalue weighted by Crippen LogP contribution is 2.24. The lowest BCUT2D eigenvalue weighted by molar-refractivity contribution is -0.124. The molecule has 146 valence electrons. The molecule has 2 N–H and O–H groups in total. The Bertz CT molecular complexity index is 864. The van der Waals surface area contributed by atoms with Gasteiger partial charge >= 0.3 is 0 Å². The SMILES string of the molecule is COc1ccc(CN2CCN(c3ccccc3C=CC(=O)NO)C(=O)C2)cc1. The number of carbonyl (C=O) groups is 2. The van der Waals surface area contributed by atoms with E-state index in [9.17, 15) is 9.59 Å². The summed E-state index contributed by atoms with van der Waals surface area (Å²) < 4.78 is 5.17. The van der Waals surface area contributed by atoms with Gasteiger partial charge in [-0.2, -0.15) is 0 Å². The van der Waals surface area contributed by atoms with Crippen LogP contribution in [0.5, 0.6) is 5.75 Å². The Balaban J connectivity index is 1.68. The van der Waals surface area contributed by atoms with E-state index < -0.39 is 5.91 Å². The van der Waals surface area contributed by atoms with Crippen molar-refractivity contribution in [3.05, 3.63) is 65.7 Å². The average molecular weight is 381 g/mol. The summed E-state index contributed by atoms with van der Waals surface area (Å²) in [4.78, 5) is 27.9. The lowest BCUT2D eigenvalue weighted by atomic mass is 10.1. The second-order valence-corrected chi connectivity index (χ2v) is 6.47. The fraction of sp³-hybridized carbons (Fsp3) is 0.238. The predicted octanol–water partition coefficient (Wildman–Crippen LogP) is 2.06. The van der Waals surface area contributed by atoms with Gasteiger partial charge in [-0.15, -0.1) is 0 Å². The maximum absolute atomic E-state index is 12.8. The topological polar surface area (TPSA) is 82.1 Å². The minimum absolute atomic E-state index is 0.00669. The van der Waals surface area contributed by atoms with Crippen LogP contribution in [0.2, 0.25) is 0 Å². The van der Waals surface area contributed by atoms with Crippen molar-refractivity contribution in [3.8, 4) is 5.75 Å². The molecule has 0 aromatic heterocycles. The number of hydrogen-bond donors (Lipinski definition) is 2. The summed E-state index contributed by atoms with van der Waals surface area (Å²) in [5, 5.41) is 8.62. The molecule has 1 aliphatic heterocycles. The van der Waals surface area contributed by atoms with Crippen LogP contribution in [0.25, 0.3) is 6.08 Å². The Morgan fingerprint density at radius 2 is 1.93 bits per heavy atom. The molecule has 1 fully saturated rings. The van der Waals surface area contributed by atoms with Gasteiger partial charge in [0.05, 0.1) is 19.3 Å². The van der Waals surface area contributed by atoms with Crippen LogP contribution < -0.4 is 15.1 Å². The second kappa shape index (κ2) is 9.16. The summed E-state index contributed by atoms with van der Waals surface area (Å²) in [5.74, 6) is 0.196. The molecule has 0 saturated carbocycles. The third-order valence-electron chi connectivity index (χ3n) is 4.62. The number of methoxy groups -OCH3 is 1. The summed E-state index contributed by atoms with van der Waals surface area (Å²) in [6.45, 7) is 2.32. The van der Waals surface area contributed by atoms with Gasteiger partial charge < -0.3 is 9.64 Å². The van der Waals surface area contributed by atoms with Gasteiger partial charge in [0.1, 0.15) is 5.75 Å². The molecule has 1 saturated heterocycles. The number of piperazine rings is 1. The number of rotatable bonds is 6. The van der Waals surface area contributed by atoms with E-state index in [1.807, 2.05) is 48.5 Å². The number of carbonyl (C=O) groups excluding carboxylic acids is 2. The summed E-state index contributed by atoms with van der Waals surface area (Å²) in [7, 11) is 1.64. The van der Waals surface area contributed by atoms with Crippen molar-refractivity contribution in [2.45, 2.75) is 6.54 Å². The van der Waals surface area contributed by atoms with E-state index in [2.05, 4.69) is 4.90 Å². The summed E-state index contributed by atoms with van der Waals surface area (Å²) in [6, 6.07) is 15.2. The molecule has 2 amide bonds. The number of nitrogens with zero attached hydrogens (tertiary/aromatic N) is 2. The van der Waals surface area contributed by atoms with Crippen LogP contribution in [0.4, 0.5) is 5.69 Å². The van der Waals surface area contributed by atoms with Crippen molar-refractivity contribution in [2.75, 3.05) is 31.6 Å².